The summed E-state index contributed by atoms with van der Waals surface area (Å²) in [5, 5.41) is 12.6. The topological polar surface area (TPSA) is 81.9 Å². The summed E-state index contributed by atoms with van der Waals surface area (Å²) in [7, 11) is 1.63. The lowest BCUT2D eigenvalue weighted by Crippen LogP contribution is -2.15. The summed E-state index contributed by atoms with van der Waals surface area (Å²) < 4.78 is 7.09. The first-order valence-electron chi connectivity index (χ1n) is 8.29. The van der Waals surface area contributed by atoms with Gasteiger partial charge < -0.3 is 10.1 Å². The van der Waals surface area contributed by atoms with E-state index < -0.39 is 0 Å². The lowest BCUT2D eigenvalue weighted by atomic mass is 10.3. The second-order valence-electron chi connectivity index (χ2n) is 5.63. The van der Waals surface area contributed by atoms with Crippen molar-refractivity contribution in [2.75, 3.05) is 24.8 Å². The molecule has 0 unspecified atom stereocenters. The average molecular weight is 438 g/mol. The summed E-state index contributed by atoms with van der Waals surface area (Å²) in [4.78, 5) is 16.5. The van der Waals surface area contributed by atoms with Gasteiger partial charge in [-0.05, 0) is 24.3 Å². The van der Waals surface area contributed by atoms with E-state index in [9.17, 15) is 4.79 Å². The summed E-state index contributed by atoms with van der Waals surface area (Å²) in [5.41, 5.74) is 1.23. The van der Waals surface area contributed by atoms with E-state index in [4.69, 9.17) is 27.9 Å². The zero-order valence-corrected chi connectivity index (χ0v) is 17.3. The van der Waals surface area contributed by atoms with Crippen LogP contribution >= 0.6 is 35.0 Å². The first-order valence-corrected chi connectivity index (χ1v) is 10.0. The lowest BCUT2D eigenvalue weighted by Gasteiger charge is -2.10. The third-order valence-electron chi connectivity index (χ3n) is 3.72. The Hall–Kier alpha value is -2.13. The molecule has 0 atom stereocenters. The molecule has 3 rings (SSSR count). The van der Waals surface area contributed by atoms with Crippen LogP contribution in [0.15, 0.2) is 47.9 Å². The van der Waals surface area contributed by atoms with Crippen LogP contribution in [0.2, 0.25) is 10.0 Å². The highest BCUT2D eigenvalue weighted by Gasteiger charge is 2.16. The van der Waals surface area contributed by atoms with Crippen molar-refractivity contribution in [2.24, 2.45) is 0 Å². The number of para-hydroxylation sites is 1. The molecule has 2 aromatic heterocycles. The van der Waals surface area contributed by atoms with Gasteiger partial charge in [0.2, 0.25) is 5.91 Å². The van der Waals surface area contributed by atoms with E-state index in [1.807, 2.05) is 16.7 Å². The maximum Gasteiger partial charge on any atom is 0.234 e. The molecule has 0 aliphatic rings. The van der Waals surface area contributed by atoms with E-state index in [1.54, 1.807) is 37.7 Å². The van der Waals surface area contributed by atoms with E-state index in [0.29, 0.717) is 39.9 Å². The molecule has 0 radical (unpaired) electrons. The van der Waals surface area contributed by atoms with Gasteiger partial charge in [0.1, 0.15) is 0 Å². The molecule has 10 heteroatoms. The van der Waals surface area contributed by atoms with Crippen molar-refractivity contribution in [1.29, 1.82) is 0 Å². The molecule has 28 heavy (non-hydrogen) atoms. The van der Waals surface area contributed by atoms with Gasteiger partial charge >= 0.3 is 0 Å². The summed E-state index contributed by atoms with van der Waals surface area (Å²) in [6, 6.07) is 8.78. The molecule has 146 valence electrons. The number of hydrogen-bond acceptors (Lipinski definition) is 6. The summed E-state index contributed by atoms with van der Waals surface area (Å²) >= 11 is 13.5. The summed E-state index contributed by atoms with van der Waals surface area (Å²) in [6.07, 6.45) is 3.41. The molecule has 0 aliphatic carbocycles. The number of carbonyl (C=O) groups is 1. The van der Waals surface area contributed by atoms with Crippen molar-refractivity contribution in [1.82, 2.24) is 19.7 Å². The number of thioether (sulfide) groups is 1. The fourth-order valence-electron chi connectivity index (χ4n) is 2.41. The maximum absolute atomic E-state index is 12.4. The number of methoxy groups -OCH3 is 1. The molecule has 0 fully saturated rings. The Balaban J connectivity index is 1.73. The van der Waals surface area contributed by atoms with Gasteiger partial charge in [-0.1, -0.05) is 41.0 Å². The monoisotopic (exact) mass is 437 g/mol. The van der Waals surface area contributed by atoms with Crippen molar-refractivity contribution in [2.45, 2.75) is 11.7 Å². The number of anilines is 1. The van der Waals surface area contributed by atoms with Crippen LogP contribution < -0.4 is 5.32 Å². The van der Waals surface area contributed by atoms with Crippen LogP contribution in [-0.2, 0) is 16.1 Å². The van der Waals surface area contributed by atoms with Gasteiger partial charge in [-0.25, -0.2) is 0 Å². The Labute approximate surface area is 176 Å². The fraction of sp³-hybridized carbons (Fsp3) is 0.222. The highest BCUT2D eigenvalue weighted by Crippen LogP contribution is 2.30. The van der Waals surface area contributed by atoms with Crippen LogP contribution in [0.5, 0.6) is 0 Å². The van der Waals surface area contributed by atoms with Gasteiger partial charge in [0.05, 0.1) is 34.6 Å². The minimum Gasteiger partial charge on any atom is -0.383 e. The molecule has 0 spiro atoms. The van der Waals surface area contributed by atoms with Crippen LogP contribution in [-0.4, -0.2) is 45.1 Å². The number of amides is 1. The smallest absolute Gasteiger partial charge is 0.234 e. The van der Waals surface area contributed by atoms with Crippen LogP contribution in [0, 0.1) is 0 Å². The number of nitrogens with one attached hydrogen (secondary N) is 1. The Morgan fingerprint density at radius 1 is 1.21 bits per heavy atom. The normalized spacial score (nSPS) is 10.8. The molecule has 7 nitrogen and oxygen atoms in total. The van der Waals surface area contributed by atoms with Gasteiger partial charge in [0.25, 0.3) is 0 Å². The molecule has 1 N–H and O–H groups in total. The number of halogens is 2. The Morgan fingerprint density at radius 3 is 2.68 bits per heavy atom. The Bertz CT molecular complexity index is 932. The molecule has 3 aromatic rings. The molecule has 1 aromatic carbocycles. The average Bonchev–Trinajstić information content (AvgIpc) is 3.11. The van der Waals surface area contributed by atoms with E-state index in [0.717, 1.165) is 5.56 Å². The SMILES string of the molecule is COCCn1c(SCC(=O)Nc2c(Cl)cccc2Cl)nnc1-c1cccnc1. The molecule has 0 saturated heterocycles. The minimum absolute atomic E-state index is 0.125. The number of rotatable bonds is 8. The van der Waals surface area contributed by atoms with E-state index >= 15 is 0 Å². The number of carbonyl (C=O) groups excluding carboxylic acids is 1. The third kappa shape index (κ3) is 5.02. The maximum atomic E-state index is 12.4. The molecule has 0 saturated carbocycles. The first kappa shape index (κ1) is 20.6. The van der Waals surface area contributed by atoms with Crippen molar-refractivity contribution in [3.8, 4) is 11.4 Å². The molecular weight excluding hydrogens is 421 g/mol. The van der Waals surface area contributed by atoms with Crippen LogP contribution in [0.1, 0.15) is 0 Å². The van der Waals surface area contributed by atoms with E-state index in [2.05, 4.69) is 20.5 Å². The largest absolute Gasteiger partial charge is 0.383 e. The Morgan fingerprint density at radius 2 is 2.00 bits per heavy atom. The van der Waals surface area contributed by atoms with Crippen LogP contribution in [0.4, 0.5) is 5.69 Å². The number of nitrogens with zero attached hydrogens (tertiary/aromatic N) is 4. The standard InChI is InChI=1S/C18H17Cl2N5O2S/c1-27-9-8-25-17(12-4-3-7-21-10-12)23-24-18(25)28-11-15(26)22-16-13(19)5-2-6-14(16)20/h2-7,10H,8-9,11H2,1H3,(H,22,26). The van der Waals surface area contributed by atoms with Crippen molar-refractivity contribution in [3.63, 3.8) is 0 Å². The molecule has 1 amide bonds. The number of aromatic nitrogens is 4. The van der Waals surface area contributed by atoms with Gasteiger partial charge in [-0.15, -0.1) is 10.2 Å². The quantitative estimate of drug-likeness (QED) is 0.535. The fourth-order valence-corrected chi connectivity index (χ4v) is 3.67. The van der Waals surface area contributed by atoms with Gasteiger partial charge in [0, 0.05) is 25.1 Å². The lowest BCUT2D eigenvalue weighted by molar-refractivity contribution is -0.113. The highest BCUT2D eigenvalue weighted by molar-refractivity contribution is 7.99. The second kappa shape index (κ2) is 9.88. The predicted octanol–water partition coefficient (Wildman–Crippen LogP) is 4.02. The van der Waals surface area contributed by atoms with Crippen molar-refractivity contribution in [3.05, 3.63) is 52.8 Å². The first-order chi connectivity index (χ1) is 13.6. The van der Waals surface area contributed by atoms with E-state index in [-0.39, 0.29) is 11.7 Å². The van der Waals surface area contributed by atoms with Crippen LogP contribution in [0.25, 0.3) is 11.4 Å². The molecule has 0 aliphatic heterocycles. The number of hydrogen-bond donors (Lipinski definition) is 1. The third-order valence-corrected chi connectivity index (χ3v) is 5.31. The van der Waals surface area contributed by atoms with Gasteiger partial charge in [-0.3, -0.25) is 14.3 Å². The number of benzene rings is 1. The molecular formula is C18H17Cl2N5O2S. The van der Waals surface area contributed by atoms with Gasteiger partial charge in [0.15, 0.2) is 11.0 Å². The minimum atomic E-state index is -0.246. The zero-order chi connectivity index (χ0) is 19.9. The van der Waals surface area contributed by atoms with Crippen molar-refractivity contribution >= 4 is 46.6 Å². The highest BCUT2D eigenvalue weighted by atomic mass is 35.5. The second-order valence-corrected chi connectivity index (χ2v) is 7.38. The van der Waals surface area contributed by atoms with E-state index in [1.165, 1.54) is 11.8 Å². The Kier molecular flexibility index (Phi) is 7.27. The van der Waals surface area contributed by atoms with Crippen molar-refractivity contribution < 1.29 is 9.53 Å². The zero-order valence-electron chi connectivity index (χ0n) is 14.9. The van der Waals surface area contributed by atoms with Crippen LogP contribution in [0.3, 0.4) is 0 Å². The molecule has 0 bridgehead atoms. The molecule has 2 heterocycles. The number of ether oxygens (including phenoxy) is 1. The summed E-state index contributed by atoms with van der Waals surface area (Å²) in [6.45, 7) is 1.04. The summed E-state index contributed by atoms with van der Waals surface area (Å²) in [5.74, 6) is 0.547. The van der Waals surface area contributed by atoms with Gasteiger partial charge in [-0.2, -0.15) is 0 Å². The number of pyridine rings is 1. The predicted molar refractivity (Wildman–Crippen MR) is 111 cm³/mol.